The van der Waals surface area contributed by atoms with Crippen molar-refractivity contribution < 1.29 is 22.2 Å². The highest BCUT2D eigenvalue weighted by atomic mass is 32.2. The van der Waals surface area contributed by atoms with Crippen LogP contribution in [0.4, 0.5) is 5.69 Å². The molecule has 6 nitrogen and oxygen atoms in total. The molecule has 0 amide bonds. The van der Waals surface area contributed by atoms with Gasteiger partial charge in [-0.1, -0.05) is 54.6 Å². The van der Waals surface area contributed by atoms with E-state index in [0.29, 0.717) is 17.0 Å². The second kappa shape index (κ2) is 9.89. The number of fused-ring (bicyclic) bond motifs is 1. The fourth-order valence-electron chi connectivity index (χ4n) is 4.15. The quantitative estimate of drug-likeness (QED) is 0.451. The van der Waals surface area contributed by atoms with Crippen molar-refractivity contribution in [3.63, 3.8) is 0 Å². The number of carbonyl (C=O) groups is 1. The van der Waals surface area contributed by atoms with E-state index in [9.17, 15) is 17.4 Å². The Kier molecular flexibility index (Phi) is 6.95. The number of hydrogen-bond acceptors (Lipinski definition) is 5. The van der Waals surface area contributed by atoms with Crippen LogP contribution in [0.25, 0.3) is 0 Å². The number of esters is 1. The third-order valence-corrected chi connectivity index (χ3v) is 8.85. The van der Waals surface area contributed by atoms with Gasteiger partial charge in [0.1, 0.15) is 6.10 Å². The molecule has 0 saturated heterocycles. The van der Waals surface area contributed by atoms with E-state index in [4.69, 9.17) is 4.74 Å². The van der Waals surface area contributed by atoms with Crippen molar-refractivity contribution >= 4 is 32.5 Å². The normalized spacial score (nSPS) is 17.2. The summed E-state index contributed by atoms with van der Waals surface area (Å²) in [4.78, 5) is 12.7. The molecule has 1 aliphatic heterocycles. The van der Waals surface area contributed by atoms with E-state index in [1.54, 1.807) is 48.5 Å². The van der Waals surface area contributed by atoms with Crippen LogP contribution in [0.1, 0.15) is 24.8 Å². The summed E-state index contributed by atoms with van der Waals surface area (Å²) in [5.41, 5.74) is 1.50. The maximum absolute atomic E-state index is 13.4. The van der Waals surface area contributed by atoms with Crippen molar-refractivity contribution in [2.45, 2.75) is 35.2 Å². The van der Waals surface area contributed by atoms with Crippen LogP contribution in [0, 0.1) is 0 Å². The van der Waals surface area contributed by atoms with E-state index in [-0.39, 0.29) is 23.1 Å². The zero-order valence-corrected chi connectivity index (χ0v) is 19.8. The molecule has 3 atom stereocenters. The van der Waals surface area contributed by atoms with E-state index in [1.807, 2.05) is 36.4 Å². The average Bonchev–Trinajstić information content (AvgIpc) is 3.19. The Morgan fingerprint density at radius 3 is 2.27 bits per heavy atom. The lowest BCUT2D eigenvalue weighted by atomic mass is 9.95. The van der Waals surface area contributed by atoms with Crippen LogP contribution < -0.4 is 4.31 Å². The van der Waals surface area contributed by atoms with Crippen molar-refractivity contribution in [2.24, 2.45) is 0 Å². The minimum absolute atomic E-state index is 0.147. The van der Waals surface area contributed by atoms with E-state index in [2.05, 4.69) is 0 Å². The van der Waals surface area contributed by atoms with Gasteiger partial charge in [-0.2, -0.15) is 0 Å². The first-order valence-electron chi connectivity index (χ1n) is 10.6. The number of sulfonamides is 1. The molecule has 0 aromatic heterocycles. The lowest BCUT2D eigenvalue weighted by Crippen LogP contribution is -2.32. The van der Waals surface area contributed by atoms with E-state index in [0.717, 1.165) is 5.56 Å². The van der Waals surface area contributed by atoms with E-state index in [1.165, 1.54) is 11.2 Å². The highest BCUT2D eigenvalue weighted by Gasteiger charge is 2.38. The molecule has 3 aromatic rings. The largest absolute Gasteiger partial charge is 0.462 e. The molecular formula is C25H25NO5S2. The molecule has 0 saturated carbocycles. The molecule has 1 heterocycles. The van der Waals surface area contributed by atoms with Gasteiger partial charge >= 0.3 is 5.97 Å². The van der Waals surface area contributed by atoms with Crippen LogP contribution in [0.2, 0.25) is 0 Å². The fraction of sp³-hybridized carbons (Fsp3) is 0.240. The van der Waals surface area contributed by atoms with Crippen molar-refractivity contribution in [2.75, 3.05) is 16.6 Å². The molecule has 3 unspecified atom stereocenters. The third-order valence-electron chi connectivity index (χ3n) is 5.59. The fourth-order valence-corrected chi connectivity index (χ4v) is 6.90. The van der Waals surface area contributed by atoms with E-state index >= 15 is 0 Å². The molecule has 0 radical (unpaired) electrons. The molecule has 172 valence electrons. The summed E-state index contributed by atoms with van der Waals surface area (Å²) in [5.74, 6) is -0.504. The molecule has 4 rings (SSSR count). The molecular weight excluding hydrogens is 458 g/mol. The molecule has 0 aliphatic carbocycles. The van der Waals surface area contributed by atoms with Crippen LogP contribution in [0.5, 0.6) is 0 Å². The summed E-state index contributed by atoms with van der Waals surface area (Å²) in [7, 11) is -5.10. The molecule has 0 bridgehead atoms. The summed E-state index contributed by atoms with van der Waals surface area (Å²) >= 11 is 0. The number of carbonyl (C=O) groups excluding carboxylic acids is 1. The van der Waals surface area contributed by atoms with Gasteiger partial charge < -0.3 is 4.74 Å². The van der Waals surface area contributed by atoms with Gasteiger partial charge in [-0.3, -0.25) is 13.3 Å². The van der Waals surface area contributed by atoms with Gasteiger partial charge in [0.2, 0.25) is 0 Å². The van der Waals surface area contributed by atoms with Crippen molar-refractivity contribution in [1.29, 1.82) is 0 Å². The second-order valence-corrected chi connectivity index (χ2v) is 11.3. The van der Waals surface area contributed by atoms with Crippen LogP contribution in [0.15, 0.2) is 94.7 Å². The van der Waals surface area contributed by atoms with Gasteiger partial charge in [-0.15, -0.1) is 0 Å². The number of anilines is 1. The molecule has 33 heavy (non-hydrogen) atoms. The third kappa shape index (κ3) is 5.17. The molecule has 0 spiro atoms. The van der Waals surface area contributed by atoms with Crippen LogP contribution in [0.3, 0.4) is 0 Å². The predicted octanol–water partition coefficient (Wildman–Crippen LogP) is 4.11. The minimum Gasteiger partial charge on any atom is -0.462 e. The minimum atomic E-state index is -3.74. The smallest absolute Gasteiger partial charge is 0.302 e. The van der Waals surface area contributed by atoms with Gasteiger partial charge in [0.25, 0.3) is 10.0 Å². The first kappa shape index (κ1) is 23.2. The molecule has 0 fully saturated rings. The topological polar surface area (TPSA) is 80.8 Å². The molecule has 0 N–H and O–H groups in total. The molecule has 8 heteroatoms. The number of para-hydroxylation sites is 1. The Labute approximate surface area is 196 Å². The summed E-state index contributed by atoms with van der Waals surface area (Å²) in [6.45, 7) is 1.56. The van der Waals surface area contributed by atoms with Crippen molar-refractivity contribution in [3.05, 3.63) is 90.5 Å². The molecule has 3 aromatic carbocycles. The van der Waals surface area contributed by atoms with Crippen molar-refractivity contribution in [3.8, 4) is 0 Å². The summed E-state index contributed by atoms with van der Waals surface area (Å²) in [6, 6.07) is 24.7. The first-order valence-corrected chi connectivity index (χ1v) is 13.4. The zero-order valence-electron chi connectivity index (χ0n) is 18.2. The number of rotatable bonds is 8. The zero-order chi connectivity index (χ0) is 23.4. The first-order chi connectivity index (χ1) is 15.9. The number of hydrogen-bond donors (Lipinski definition) is 0. The summed E-state index contributed by atoms with van der Waals surface area (Å²) in [6.07, 6.45) is -0.239. The van der Waals surface area contributed by atoms with Gasteiger partial charge in [0.15, 0.2) is 0 Å². The lowest BCUT2D eigenvalue weighted by Gasteiger charge is -2.22. The summed E-state index contributed by atoms with van der Waals surface area (Å²) in [5, 5.41) is 0. The Balaban J connectivity index is 1.60. The number of ether oxygens (including phenoxy) is 1. The second-order valence-electron chi connectivity index (χ2n) is 7.90. The van der Waals surface area contributed by atoms with E-state index < -0.39 is 32.9 Å². The maximum Gasteiger partial charge on any atom is 0.302 e. The van der Waals surface area contributed by atoms with Crippen molar-refractivity contribution in [1.82, 2.24) is 0 Å². The van der Waals surface area contributed by atoms with Gasteiger partial charge in [-0.05, 0) is 42.3 Å². The lowest BCUT2D eigenvalue weighted by molar-refractivity contribution is -0.145. The SMILES string of the molecule is CC(=O)OC(CC1CN(S(=O)(=O)c2ccccc2)c2ccccc21)CS(=O)c1ccccc1. The van der Waals surface area contributed by atoms with Gasteiger partial charge in [0, 0.05) is 24.3 Å². The Hall–Kier alpha value is -2.97. The Bertz CT molecular complexity index is 1250. The monoisotopic (exact) mass is 483 g/mol. The van der Waals surface area contributed by atoms with Gasteiger partial charge in [-0.25, -0.2) is 8.42 Å². The summed E-state index contributed by atoms with van der Waals surface area (Å²) < 4.78 is 46.5. The number of benzene rings is 3. The van der Waals surface area contributed by atoms with Crippen LogP contribution in [-0.2, 0) is 30.4 Å². The average molecular weight is 484 g/mol. The molecule has 1 aliphatic rings. The van der Waals surface area contributed by atoms with Gasteiger partial charge in [0.05, 0.1) is 27.1 Å². The number of nitrogens with zero attached hydrogens (tertiary/aromatic N) is 1. The Morgan fingerprint density at radius 2 is 1.61 bits per heavy atom. The maximum atomic E-state index is 13.4. The highest BCUT2D eigenvalue weighted by Crippen LogP contribution is 2.42. The standard InChI is InChI=1S/C25H25NO5S2/c1-19(27)31-21(18-32(28)22-10-4-2-5-11-22)16-20-17-26(25-15-9-8-14-24(20)25)33(29,30)23-12-6-3-7-13-23/h2-15,20-21H,16-18H2,1H3. The highest BCUT2D eigenvalue weighted by molar-refractivity contribution is 7.92. The van der Waals surface area contributed by atoms with Crippen LogP contribution >= 0.6 is 0 Å². The predicted molar refractivity (Wildman–Crippen MR) is 128 cm³/mol. The Morgan fingerprint density at radius 1 is 1.00 bits per heavy atom. The van der Waals surface area contributed by atoms with Crippen LogP contribution in [-0.4, -0.2) is 37.0 Å².